The van der Waals surface area contributed by atoms with E-state index in [9.17, 15) is 4.79 Å². The summed E-state index contributed by atoms with van der Waals surface area (Å²) in [6.45, 7) is 5.83. The molecule has 0 spiro atoms. The van der Waals surface area contributed by atoms with Crippen molar-refractivity contribution in [2.45, 2.75) is 39.2 Å². The van der Waals surface area contributed by atoms with Gasteiger partial charge in [0, 0.05) is 26.3 Å². The molecule has 1 aliphatic heterocycles. The number of ether oxygens (including phenoxy) is 1. The van der Waals surface area contributed by atoms with E-state index in [-0.39, 0.29) is 5.91 Å². The van der Waals surface area contributed by atoms with E-state index in [0.29, 0.717) is 19.7 Å². The van der Waals surface area contributed by atoms with Crippen LogP contribution in [-0.2, 0) is 17.8 Å². The average Bonchev–Trinajstić information content (AvgIpc) is 2.79. The number of aryl methyl sites for hydroxylation is 1. The summed E-state index contributed by atoms with van der Waals surface area (Å²) in [5.74, 6) is 1.81. The van der Waals surface area contributed by atoms with Crippen molar-refractivity contribution >= 4 is 11.6 Å². The average molecular weight is 424 g/mol. The Kier molecular flexibility index (Phi) is 8.77. The SMILES string of the molecule is CCOc1ccc(CCC2CCN(CC(=O)NCc3ccc(N(C)C)cc3)CC2)cc1. The third kappa shape index (κ3) is 7.59. The fourth-order valence-corrected chi connectivity index (χ4v) is 4.09. The molecule has 1 fully saturated rings. The molecule has 1 N–H and O–H groups in total. The Bertz CT molecular complexity index is 794. The molecule has 3 rings (SSSR count). The Morgan fingerprint density at radius 1 is 1.03 bits per heavy atom. The van der Waals surface area contributed by atoms with E-state index in [4.69, 9.17) is 4.74 Å². The van der Waals surface area contributed by atoms with Crippen LogP contribution in [-0.4, -0.2) is 51.1 Å². The van der Waals surface area contributed by atoms with Gasteiger partial charge in [-0.25, -0.2) is 0 Å². The number of hydrogen-bond donors (Lipinski definition) is 1. The highest BCUT2D eigenvalue weighted by Gasteiger charge is 2.20. The van der Waals surface area contributed by atoms with Gasteiger partial charge in [0.15, 0.2) is 0 Å². The molecule has 1 amide bonds. The highest BCUT2D eigenvalue weighted by Crippen LogP contribution is 2.23. The number of carbonyl (C=O) groups excluding carboxylic acids is 1. The number of rotatable bonds is 10. The van der Waals surface area contributed by atoms with Crippen LogP contribution >= 0.6 is 0 Å². The highest BCUT2D eigenvalue weighted by molar-refractivity contribution is 5.78. The lowest BCUT2D eigenvalue weighted by Crippen LogP contribution is -2.41. The zero-order chi connectivity index (χ0) is 22.1. The lowest BCUT2D eigenvalue weighted by molar-refractivity contribution is -0.122. The number of amides is 1. The van der Waals surface area contributed by atoms with Crippen molar-refractivity contribution in [1.29, 1.82) is 0 Å². The van der Waals surface area contributed by atoms with Crippen LogP contribution < -0.4 is 15.0 Å². The highest BCUT2D eigenvalue weighted by atomic mass is 16.5. The first kappa shape index (κ1) is 23.1. The number of anilines is 1. The molecule has 1 aliphatic rings. The molecule has 5 nitrogen and oxygen atoms in total. The summed E-state index contributed by atoms with van der Waals surface area (Å²) in [6, 6.07) is 16.8. The van der Waals surface area contributed by atoms with Gasteiger partial charge in [0.2, 0.25) is 5.91 Å². The summed E-state index contributed by atoms with van der Waals surface area (Å²) < 4.78 is 5.51. The molecule has 1 saturated heterocycles. The molecular weight excluding hydrogens is 386 g/mol. The molecule has 0 unspecified atom stereocenters. The Morgan fingerprint density at radius 2 is 1.68 bits per heavy atom. The van der Waals surface area contributed by atoms with Gasteiger partial charge in [0.05, 0.1) is 13.2 Å². The Balaban J connectivity index is 1.32. The van der Waals surface area contributed by atoms with Gasteiger partial charge in [-0.1, -0.05) is 24.3 Å². The van der Waals surface area contributed by atoms with Crippen molar-refractivity contribution < 1.29 is 9.53 Å². The monoisotopic (exact) mass is 423 g/mol. The number of hydrogen-bond acceptors (Lipinski definition) is 4. The lowest BCUT2D eigenvalue weighted by Gasteiger charge is -2.31. The summed E-state index contributed by atoms with van der Waals surface area (Å²) in [6.07, 6.45) is 4.69. The van der Waals surface area contributed by atoms with Gasteiger partial charge in [-0.15, -0.1) is 0 Å². The molecule has 31 heavy (non-hydrogen) atoms. The quantitative estimate of drug-likeness (QED) is 0.625. The van der Waals surface area contributed by atoms with Gasteiger partial charge < -0.3 is 15.0 Å². The number of nitrogens with one attached hydrogen (secondary N) is 1. The Hall–Kier alpha value is -2.53. The minimum atomic E-state index is 0.115. The van der Waals surface area contributed by atoms with Gasteiger partial charge in [-0.3, -0.25) is 9.69 Å². The van der Waals surface area contributed by atoms with Crippen molar-refractivity contribution in [3.8, 4) is 5.75 Å². The van der Waals surface area contributed by atoms with Gasteiger partial charge in [0.1, 0.15) is 5.75 Å². The van der Waals surface area contributed by atoms with E-state index in [1.807, 2.05) is 21.0 Å². The fourth-order valence-electron chi connectivity index (χ4n) is 4.09. The fraction of sp³-hybridized carbons (Fsp3) is 0.500. The smallest absolute Gasteiger partial charge is 0.234 e. The molecule has 2 aromatic carbocycles. The largest absolute Gasteiger partial charge is 0.494 e. The second kappa shape index (κ2) is 11.8. The van der Waals surface area contributed by atoms with Gasteiger partial charge >= 0.3 is 0 Å². The minimum absolute atomic E-state index is 0.115. The van der Waals surface area contributed by atoms with Gasteiger partial charge in [0.25, 0.3) is 0 Å². The molecule has 0 radical (unpaired) electrons. The zero-order valence-corrected chi connectivity index (χ0v) is 19.3. The van der Waals surface area contributed by atoms with Crippen molar-refractivity contribution in [2.24, 2.45) is 5.92 Å². The van der Waals surface area contributed by atoms with Crippen molar-refractivity contribution in [2.75, 3.05) is 45.2 Å². The summed E-state index contributed by atoms with van der Waals surface area (Å²) in [5, 5.41) is 3.06. The van der Waals surface area contributed by atoms with Crippen LogP contribution in [0.25, 0.3) is 0 Å². The molecule has 0 aromatic heterocycles. The van der Waals surface area contributed by atoms with E-state index in [2.05, 4.69) is 63.6 Å². The van der Waals surface area contributed by atoms with Crippen molar-refractivity contribution in [3.63, 3.8) is 0 Å². The topological polar surface area (TPSA) is 44.8 Å². The van der Waals surface area contributed by atoms with Crippen molar-refractivity contribution in [3.05, 3.63) is 59.7 Å². The number of nitrogens with zero attached hydrogens (tertiary/aromatic N) is 2. The minimum Gasteiger partial charge on any atom is -0.494 e. The van der Waals surface area contributed by atoms with E-state index in [0.717, 1.165) is 36.7 Å². The summed E-state index contributed by atoms with van der Waals surface area (Å²) in [4.78, 5) is 16.7. The first-order valence-electron chi connectivity index (χ1n) is 11.5. The summed E-state index contributed by atoms with van der Waals surface area (Å²) in [7, 11) is 4.06. The molecule has 0 atom stereocenters. The summed E-state index contributed by atoms with van der Waals surface area (Å²) in [5.41, 5.74) is 3.68. The maximum absolute atomic E-state index is 12.4. The molecule has 168 valence electrons. The third-order valence-electron chi connectivity index (χ3n) is 6.09. The van der Waals surface area contributed by atoms with Crippen LogP contribution in [0.1, 0.15) is 37.3 Å². The van der Waals surface area contributed by atoms with E-state index in [1.54, 1.807) is 0 Å². The Labute approximate surface area is 187 Å². The second-order valence-electron chi connectivity index (χ2n) is 8.67. The maximum Gasteiger partial charge on any atom is 0.234 e. The number of piperidine rings is 1. The van der Waals surface area contributed by atoms with E-state index in [1.165, 1.54) is 30.5 Å². The number of carbonyl (C=O) groups is 1. The van der Waals surface area contributed by atoms with Crippen LogP contribution in [0.3, 0.4) is 0 Å². The molecule has 0 aliphatic carbocycles. The maximum atomic E-state index is 12.4. The van der Waals surface area contributed by atoms with E-state index < -0.39 is 0 Å². The van der Waals surface area contributed by atoms with Crippen LogP contribution in [0.2, 0.25) is 0 Å². The molecule has 0 saturated carbocycles. The molecule has 0 bridgehead atoms. The predicted molar refractivity (Wildman–Crippen MR) is 128 cm³/mol. The molecule has 5 heteroatoms. The first-order valence-corrected chi connectivity index (χ1v) is 11.5. The van der Waals surface area contributed by atoms with Crippen LogP contribution in [0, 0.1) is 5.92 Å². The predicted octanol–water partition coefficient (Wildman–Crippen LogP) is 4.11. The zero-order valence-electron chi connectivity index (χ0n) is 19.3. The van der Waals surface area contributed by atoms with Crippen molar-refractivity contribution in [1.82, 2.24) is 10.2 Å². The van der Waals surface area contributed by atoms with Gasteiger partial charge in [-0.2, -0.15) is 0 Å². The summed E-state index contributed by atoms with van der Waals surface area (Å²) >= 11 is 0. The lowest BCUT2D eigenvalue weighted by atomic mass is 9.90. The first-order chi connectivity index (χ1) is 15.0. The number of benzene rings is 2. The van der Waals surface area contributed by atoms with Gasteiger partial charge in [-0.05, 0) is 87.0 Å². The number of likely N-dealkylation sites (tertiary alicyclic amines) is 1. The second-order valence-corrected chi connectivity index (χ2v) is 8.67. The Morgan fingerprint density at radius 3 is 2.29 bits per heavy atom. The normalized spacial score (nSPS) is 14.9. The van der Waals surface area contributed by atoms with E-state index >= 15 is 0 Å². The third-order valence-corrected chi connectivity index (χ3v) is 6.09. The molecular formula is C26H37N3O2. The van der Waals surface area contributed by atoms with Crippen LogP contribution in [0.15, 0.2) is 48.5 Å². The molecule has 2 aromatic rings. The molecule has 1 heterocycles. The standard InChI is InChI=1S/C26H37N3O2/c1-4-31-25-13-9-21(10-14-25)5-6-22-15-17-29(18-16-22)20-26(30)27-19-23-7-11-24(12-8-23)28(2)3/h7-14,22H,4-6,15-20H2,1-3H3,(H,27,30). The van der Waals surface area contributed by atoms with Crippen LogP contribution in [0.4, 0.5) is 5.69 Å². The van der Waals surface area contributed by atoms with Crippen LogP contribution in [0.5, 0.6) is 5.75 Å².